The average Bonchev–Trinajstić information content (AvgIpc) is 2.61. The predicted octanol–water partition coefficient (Wildman–Crippen LogP) is 3.16. The molecule has 1 N–H and O–H groups in total. The lowest BCUT2D eigenvalue weighted by Gasteiger charge is -2.06. The monoisotopic (exact) mass is 352 g/mol. The second kappa shape index (κ2) is 6.60. The molecule has 130 valence electrons. The van der Waals surface area contributed by atoms with Crippen LogP contribution in [0.15, 0.2) is 57.7 Å². The number of benzene rings is 2. The van der Waals surface area contributed by atoms with E-state index in [4.69, 9.17) is 4.42 Å². The van der Waals surface area contributed by atoms with E-state index >= 15 is 0 Å². The molecule has 0 radical (unpaired) electrons. The molecule has 0 aliphatic rings. The summed E-state index contributed by atoms with van der Waals surface area (Å²) in [4.78, 5) is 45.9. The number of nitrogens with one attached hydrogen (secondary N) is 1. The van der Waals surface area contributed by atoms with Gasteiger partial charge in [0.25, 0.3) is 11.6 Å². The molecule has 0 saturated heterocycles. The van der Waals surface area contributed by atoms with Crippen LogP contribution in [0.5, 0.6) is 0 Å². The Bertz CT molecular complexity index is 1100. The van der Waals surface area contributed by atoms with Crippen LogP contribution < -0.4 is 10.9 Å². The summed E-state index contributed by atoms with van der Waals surface area (Å²) in [6.45, 7) is 1.42. The lowest BCUT2D eigenvalue weighted by molar-refractivity contribution is -0.384. The fraction of sp³-hybridized carbons (Fsp3) is 0.0556. The fourth-order valence-corrected chi connectivity index (χ4v) is 2.37. The second-order valence-corrected chi connectivity index (χ2v) is 5.51. The summed E-state index contributed by atoms with van der Waals surface area (Å²) in [5, 5.41) is 13.6. The van der Waals surface area contributed by atoms with E-state index in [0.29, 0.717) is 11.3 Å². The molecule has 3 rings (SSSR count). The number of hydrogen-bond donors (Lipinski definition) is 1. The summed E-state index contributed by atoms with van der Waals surface area (Å²) in [5.41, 5.74) is -0.308. The molecule has 1 aromatic heterocycles. The number of non-ortho nitro benzene ring substituents is 1. The first kappa shape index (κ1) is 17.0. The summed E-state index contributed by atoms with van der Waals surface area (Å²) in [6, 6.07) is 11.1. The summed E-state index contributed by atoms with van der Waals surface area (Å²) < 4.78 is 5.05. The molecule has 26 heavy (non-hydrogen) atoms. The number of nitrogens with zero attached hydrogens (tertiary/aromatic N) is 1. The summed E-state index contributed by atoms with van der Waals surface area (Å²) >= 11 is 0. The zero-order valence-electron chi connectivity index (χ0n) is 13.5. The van der Waals surface area contributed by atoms with Crippen LogP contribution in [0.25, 0.3) is 11.0 Å². The van der Waals surface area contributed by atoms with Crippen molar-refractivity contribution in [3.8, 4) is 0 Å². The Balaban J connectivity index is 1.94. The van der Waals surface area contributed by atoms with Gasteiger partial charge in [-0.15, -0.1) is 0 Å². The molecule has 0 bridgehead atoms. The van der Waals surface area contributed by atoms with Crippen LogP contribution in [-0.2, 0) is 0 Å². The number of amides is 1. The smallest absolute Gasteiger partial charge is 0.349 e. The van der Waals surface area contributed by atoms with E-state index in [0.717, 1.165) is 0 Å². The van der Waals surface area contributed by atoms with Crippen LogP contribution >= 0.6 is 0 Å². The van der Waals surface area contributed by atoms with E-state index in [1.54, 1.807) is 12.1 Å². The molecule has 3 aromatic rings. The normalized spacial score (nSPS) is 10.5. The van der Waals surface area contributed by atoms with Crippen molar-refractivity contribution >= 4 is 34.0 Å². The number of anilines is 1. The third-order valence-corrected chi connectivity index (χ3v) is 3.72. The van der Waals surface area contributed by atoms with Crippen LogP contribution in [0.4, 0.5) is 11.4 Å². The molecule has 2 aromatic carbocycles. The Hall–Kier alpha value is -3.81. The van der Waals surface area contributed by atoms with Gasteiger partial charge in [0.05, 0.1) is 4.92 Å². The molecule has 8 nitrogen and oxygen atoms in total. The Morgan fingerprint density at radius 3 is 2.38 bits per heavy atom. The number of fused-ring (bicyclic) bond motifs is 1. The van der Waals surface area contributed by atoms with E-state index in [9.17, 15) is 24.5 Å². The van der Waals surface area contributed by atoms with Gasteiger partial charge in [-0.05, 0) is 43.3 Å². The first-order chi connectivity index (χ1) is 12.3. The van der Waals surface area contributed by atoms with Crippen LogP contribution in [0.2, 0.25) is 0 Å². The number of carbonyl (C=O) groups is 2. The van der Waals surface area contributed by atoms with Crippen LogP contribution in [0.1, 0.15) is 27.6 Å². The van der Waals surface area contributed by atoms with Crippen molar-refractivity contribution in [3.63, 3.8) is 0 Å². The van der Waals surface area contributed by atoms with Crippen LogP contribution in [0.3, 0.4) is 0 Å². The van der Waals surface area contributed by atoms with Crippen LogP contribution in [-0.4, -0.2) is 16.6 Å². The lowest BCUT2D eigenvalue weighted by atomic mass is 10.1. The number of ketones is 1. The highest BCUT2D eigenvalue weighted by Crippen LogP contribution is 2.21. The van der Waals surface area contributed by atoms with Gasteiger partial charge in [0, 0.05) is 28.8 Å². The number of rotatable bonds is 4. The molecule has 0 spiro atoms. The molecule has 0 fully saturated rings. The zero-order chi connectivity index (χ0) is 18.8. The van der Waals surface area contributed by atoms with Gasteiger partial charge in [0.2, 0.25) is 0 Å². The minimum absolute atomic E-state index is 0.111. The molecule has 0 aliphatic carbocycles. The van der Waals surface area contributed by atoms with Gasteiger partial charge < -0.3 is 9.73 Å². The van der Waals surface area contributed by atoms with Gasteiger partial charge in [-0.1, -0.05) is 0 Å². The lowest BCUT2D eigenvalue weighted by Crippen LogP contribution is -2.20. The Labute approximate surface area is 146 Å². The van der Waals surface area contributed by atoms with Gasteiger partial charge >= 0.3 is 5.63 Å². The third kappa shape index (κ3) is 3.34. The standard InChI is InChI=1S/C18H12N2O6/c1-10(21)11-2-4-13(5-3-11)19-17(22)15-9-12-8-14(20(24)25)6-7-16(12)26-18(15)23/h2-9H,1H3,(H,19,22). The molecule has 0 unspecified atom stereocenters. The Morgan fingerprint density at radius 2 is 1.77 bits per heavy atom. The quantitative estimate of drug-likeness (QED) is 0.333. The summed E-state index contributed by atoms with van der Waals surface area (Å²) in [5.74, 6) is -0.831. The topological polar surface area (TPSA) is 120 Å². The van der Waals surface area contributed by atoms with Crippen molar-refractivity contribution in [1.82, 2.24) is 0 Å². The SMILES string of the molecule is CC(=O)c1ccc(NC(=O)c2cc3cc([N+](=O)[O-])ccc3oc2=O)cc1. The van der Waals surface area contributed by atoms with Crippen molar-refractivity contribution in [1.29, 1.82) is 0 Å². The van der Waals surface area contributed by atoms with Crippen molar-refractivity contribution in [3.05, 3.63) is 80.2 Å². The van der Waals surface area contributed by atoms with Gasteiger partial charge in [-0.2, -0.15) is 0 Å². The Kier molecular flexibility index (Phi) is 4.32. The van der Waals surface area contributed by atoms with Crippen molar-refractivity contribution in [2.75, 3.05) is 5.32 Å². The first-order valence-electron chi connectivity index (χ1n) is 7.50. The largest absolute Gasteiger partial charge is 0.422 e. The molecular formula is C18H12N2O6. The van der Waals surface area contributed by atoms with Crippen molar-refractivity contribution in [2.45, 2.75) is 6.92 Å². The Morgan fingerprint density at radius 1 is 1.08 bits per heavy atom. The van der Waals surface area contributed by atoms with Crippen molar-refractivity contribution in [2.24, 2.45) is 0 Å². The molecule has 1 amide bonds. The van der Waals surface area contributed by atoms with Gasteiger partial charge in [-0.3, -0.25) is 19.7 Å². The van der Waals surface area contributed by atoms with Crippen molar-refractivity contribution < 1.29 is 18.9 Å². The number of hydrogen-bond acceptors (Lipinski definition) is 6. The highest BCUT2D eigenvalue weighted by molar-refractivity contribution is 6.05. The minimum atomic E-state index is -0.857. The predicted molar refractivity (Wildman–Crippen MR) is 93.5 cm³/mol. The maximum Gasteiger partial charge on any atom is 0.349 e. The molecule has 0 aliphatic heterocycles. The first-order valence-corrected chi connectivity index (χ1v) is 7.50. The maximum absolute atomic E-state index is 12.3. The molecule has 0 atom stereocenters. The number of carbonyl (C=O) groups excluding carboxylic acids is 2. The molecule has 1 heterocycles. The van der Waals surface area contributed by atoms with Gasteiger partial charge in [-0.25, -0.2) is 4.79 Å². The van der Waals surface area contributed by atoms with Crippen LogP contribution in [0, 0.1) is 10.1 Å². The van der Waals surface area contributed by atoms with Gasteiger partial charge in [0.1, 0.15) is 11.1 Å². The van der Waals surface area contributed by atoms with E-state index in [2.05, 4.69) is 5.32 Å². The highest BCUT2D eigenvalue weighted by Gasteiger charge is 2.16. The second-order valence-electron chi connectivity index (χ2n) is 5.51. The summed E-state index contributed by atoms with van der Waals surface area (Å²) in [6.07, 6.45) is 0. The minimum Gasteiger partial charge on any atom is -0.422 e. The van der Waals surface area contributed by atoms with E-state index < -0.39 is 16.5 Å². The molecule has 0 saturated carbocycles. The molecular weight excluding hydrogens is 340 g/mol. The van der Waals surface area contributed by atoms with Gasteiger partial charge in [0.15, 0.2) is 5.78 Å². The maximum atomic E-state index is 12.3. The third-order valence-electron chi connectivity index (χ3n) is 3.72. The molecule has 8 heteroatoms. The average molecular weight is 352 g/mol. The zero-order valence-corrected chi connectivity index (χ0v) is 13.5. The fourth-order valence-electron chi connectivity index (χ4n) is 2.37. The number of Topliss-reactive ketones (excluding diaryl/α,β-unsaturated/α-hetero) is 1. The highest BCUT2D eigenvalue weighted by atomic mass is 16.6. The number of nitro benzene ring substituents is 1. The number of nitro groups is 1. The summed E-state index contributed by atoms with van der Waals surface area (Å²) in [7, 11) is 0. The van der Waals surface area contributed by atoms with E-state index in [-0.39, 0.29) is 28.0 Å². The van der Waals surface area contributed by atoms with E-state index in [1.807, 2.05) is 0 Å². The van der Waals surface area contributed by atoms with E-state index in [1.165, 1.54) is 43.3 Å².